The van der Waals surface area contributed by atoms with E-state index in [2.05, 4.69) is 4.98 Å². The molecule has 1 aromatic rings. The smallest absolute Gasteiger partial charge is 0.330 e. The van der Waals surface area contributed by atoms with Crippen LogP contribution in [-0.2, 0) is 10.5 Å². The highest BCUT2D eigenvalue weighted by molar-refractivity contribution is 14.1. The van der Waals surface area contributed by atoms with Crippen LogP contribution >= 0.6 is 22.6 Å². The number of aliphatic hydroxyl groups excluding tert-OH is 2. The van der Waals surface area contributed by atoms with Crippen LogP contribution in [0.25, 0.3) is 0 Å². The van der Waals surface area contributed by atoms with Gasteiger partial charge in [-0.15, -0.1) is 0 Å². The Labute approximate surface area is 116 Å². The lowest BCUT2D eigenvalue weighted by molar-refractivity contribution is -0.126. The summed E-state index contributed by atoms with van der Waals surface area (Å²) in [5.41, 5.74) is -2.61. The minimum Gasteiger partial charge on any atom is -0.387 e. The third-order valence-corrected chi connectivity index (χ3v) is 3.97. The lowest BCUT2D eigenvalue weighted by atomic mass is 10.0. The summed E-state index contributed by atoms with van der Waals surface area (Å²) in [5, 5.41) is 19.9. The molecule has 7 nitrogen and oxygen atoms in total. The van der Waals surface area contributed by atoms with Crippen LogP contribution in [-0.4, -0.2) is 42.5 Å². The molecule has 0 unspecified atom stereocenters. The molecule has 1 fully saturated rings. The van der Waals surface area contributed by atoms with Gasteiger partial charge in [-0.05, 0) is 6.92 Å². The maximum atomic E-state index is 11.7. The molecule has 1 aliphatic heterocycles. The molecule has 0 aromatic carbocycles. The van der Waals surface area contributed by atoms with Gasteiger partial charge in [0, 0.05) is 16.7 Å². The van der Waals surface area contributed by atoms with Crippen molar-refractivity contribution in [1.29, 1.82) is 0 Å². The summed E-state index contributed by atoms with van der Waals surface area (Å²) in [6.45, 7) is 1.49. The van der Waals surface area contributed by atoms with Crippen LogP contribution in [0.1, 0.15) is 6.92 Å². The zero-order valence-corrected chi connectivity index (χ0v) is 11.7. The molecule has 0 radical (unpaired) electrons. The lowest BCUT2D eigenvalue weighted by Gasteiger charge is -2.29. The second-order valence-electron chi connectivity index (χ2n) is 4.28. The second kappa shape index (κ2) is 4.76. The fourth-order valence-corrected chi connectivity index (χ4v) is 2.76. The molecule has 2 rings (SSSR count). The molecule has 2 heterocycles. The molecule has 1 aromatic heterocycles. The molecule has 0 spiro atoms. The molecule has 3 N–H and O–H groups in total. The highest BCUT2D eigenvalue weighted by atomic mass is 127. The molecular weight excluding hydrogens is 355 g/mol. The SMILES string of the molecule is C[C@@]1(n2ccc(=O)[nH]c2=O)O[C@H](CI)[C@@H](O)[C@H]1O. The summed E-state index contributed by atoms with van der Waals surface area (Å²) >= 11 is 2.02. The maximum Gasteiger partial charge on any atom is 0.330 e. The first-order chi connectivity index (χ1) is 8.40. The van der Waals surface area contributed by atoms with Gasteiger partial charge in [0.2, 0.25) is 0 Å². The van der Waals surface area contributed by atoms with Gasteiger partial charge in [0.1, 0.15) is 12.2 Å². The summed E-state index contributed by atoms with van der Waals surface area (Å²) in [6, 6.07) is 1.16. The first-order valence-corrected chi connectivity index (χ1v) is 6.85. The van der Waals surface area contributed by atoms with Gasteiger partial charge in [-0.25, -0.2) is 4.79 Å². The normalized spacial score (nSPS) is 35.9. The van der Waals surface area contributed by atoms with Crippen molar-refractivity contribution in [3.05, 3.63) is 33.1 Å². The Morgan fingerprint density at radius 2 is 2.22 bits per heavy atom. The average molecular weight is 368 g/mol. The Bertz CT molecular complexity index is 556. The number of aliphatic hydroxyl groups is 2. The van der Waals surface area contributed by atoms with E-state index in [0.29, 0.717) is 4.43 Å². The molecule has 0 bridgehead atoms. The van der Waals surface area contributed by atoms with E-state index in [-0.39, 0.29) is 0 Å². The molecule has 18 heavy (non-hydrogen) atoms. The fourth-order valence-electron chi connectivity index (χ4n) is 2.05. The van der Waals surface area contributed by atoms with Crippen LogP contribution in [0.4, 0.5) is 0 Å². The highest BCUT2D eigenvalue weighted by Crippen LogP contribution is 2.34. The fraction of sp³-hybridized carbons (Fsp3) is 0.600. The number of nitrogens with zero attached hydrogens (tertiary/aromatic N) is 1. The van der Waals surface area contributed by atoms with E-state index in [9.17, 15) is 19.8 Å². The van der Waals surface area contributed by atoms with E-state index in [4.69, 9.17) is 4.74 Å². The Hall–Kier alpha value is -0.710. The van der Waals surface area contributed by atoms with Gasteiger partial charge >= 0.3 is 5.69 Å². The number of ether oxygens (including phenoxy) is 1. The standard InChI is InChI=1S/C10H13IN2O5/c1-10(8(16)7(15)5(4-11)18-10)13-3-2-6(14)12-9(13)17/h2-3,5,7-8,15-16H,4H2,1H3,(H,12,14,17)/t5-,7-,8-,10-/m1/s1. The zero-order valence-electron chi connectivity index (χ0n) is 9.54. The van der Waals surface area contributed by atoms with Gasteiger partial charge in [-0.3, -0.25) is 14.3 Å². The third-order valence-electron chi connectivity index (χ3n) is 3.10. The number of rotatable bonds is 2. The number of nitrogens with one attached hydrogen (secondary N) is 1. The van der Waals surface area contributed by atoms with E-state index in [1.807, 2.05) is 22.6 Å². The summed E-state index contributed by atoms with van der Waals surface area (Å²) in [5.74, 6) is 0. The summed E-state index contributed by atoms with van der Waals surface area (Å²) in [4.78, 5) is 24.8. The van der Waals surface area contributed by atoms with Crippen molar-refractivity contribution in [1.82, 2.24) is 9.55 Å². The summed E-state index contributed by atoms with van der Waals surface area (Å²) in [6.07, 6.45) is -1.65. The van der Waals surface area contributed by atoms with Crippen LogP contribution in [0, 0.1) is 0 Å². The maximum absolute atomic E-state index is 11.7. The molecule has 0 amide bonds. The number of H-pyrrole nitrogens is 1. The van der Waals surface area contributed by atoms with Crippen molar-refractivity contribution in [2.24, 2.45) is 0 Å². The van der Waals surface area contributed by atoms with Gasteiger partial charge in [-0.1, -0.05) is 22.6 Å². The number of halogens is 1. The number of hydrogen-bond donors (Lipinski definition) is 3. The quantitative estimate of drug-likeness (QED) is 0.448. The van der Waals surface area contributed by atoms with Crippen LogP contribution in [0.2, 0.25) is 0 Å². The van der Waals surface area contributed by atoms with Gasteiger partial charge in [-0.2, -0.15) is 0 Å². The van der Waals surface area contributed by atoms with E-state index >= 15 is 0 Å². The minimum atomic E-state index is -1.39. The molecule has 0 saturated carbocycles. The van der Waals surface area contributed by atoms with Crippen LogP contribution in [0.5, 0.6) is 0 Å². The predicted octanol–water partition coefficient (Wildman–Crippen LogP) is -1.24. The summed E-state index contributed by atoms with van der Waals surface area (Å²) in [7, 11) is 0. The Kier molecular flexibility index (Phi) is 3.63. The molecule has 8 heteroatoms. The Balaban J connectivity index is 2.49. The van der Waals surface area contributed by atoms with Crippen molar-refractivity contribution in [2.45, 2.75) is 31.0 Å². The van der Waals surface area contributed by atoms with E-state index in [1.165, 1.54) is 13.1 Å². The molecule has 100 valence electrons. The number of hydrogen-bond acceptors (Lipinski definition) is 5. The summed E-state index contributed by atoms with van der Waals surface area (Å²) < 4.78 is 7.12. The number of aromatic nitrogens is 2. The molecule has 1 saturated heterocycles. The van der Waals surface area contributed by atoms with E-state index in [0.717, 1.165) is 10.6 Å². The van der Waals surface area contributed by atoms with Crippen molar-refractivity contribution < 1.29 is 14.9 Å². The van der Waals surface area contributed by atoms with Crippen molar-refractivity contribution >= 4 is 22.6 Å². The van der Waals surface area contributed by atoms with E-state index in [1.54, 1.807) is 0 Å². The van der Waals surface area contributed by atoms with Gasteiger partial charge in [0.05, 0.1) is 6.10 Å². The van der Waals surface area contributed by atoms with Crippen molar-refractivity contribution in [3.8, 4) is 0 Å². The van der Waals surface area contributed by atoms with Gasteiger partial charge in [0.15, 0.2) is 5.72 Å². The highest BCUT2D eigenvalue weighted by Gasteiger charge is 2.52. The van der Waals surface area contributed by atoms with E-state index < -0.39 is 35.3 Å². The largest absolute Gasteiger partial charge is 0.387 e. The third kappa shape index (κ3) is 2.02. The van der Waals surface area contributed by atoms with Crippen molar-refractivity contribution in [2.75, 3.05) is 4.43 Å². The van der Waals surface area contributed by atoms with Crippen LogP contribution < -0.4 is 11.2 Å². The number of alkyl halides is 1. The first kappa shape index (κ1) is 13.7. The minimum absolute atomic E-state index is 0.476. The van der Waals surface area contributed by atoms with Crippen LogP contribution in [0.3, 0.4) is 0 Å². The monoisotopic (exact) mass is 368 g/mol. The molecule has 1 aliphatic rings. The molecular formula is C10H13IN2O5. The Morgan fingerprint density at radius 3 is 2.72 bits per heavy atom. The molecule has 4 atom stereocenters. The van der Waals surface area contributed by atoms with Crippen molar-refractivity contribution in [3.63, 3.8) is 0 Å². The second-order valence-corrected chi connectivity index (χ2v) is 5.16. The Morgan fingerprint density at radius 1 is 1.56 bits per heavy atom. The first-order valence-electron chi connectivity index (χ1n) is 5.32. The van der Waals surface area contributed by atoms with Crippen LogP contribution in [0.15, 0.2) is 21.9 Å². The lowest BCUT2D eigenvalue weighted by Crippen LogP contribution is -2.49. The zero-order chi connectivity index (χ0) is 13.5. The molecule has 0 aliphatic carbocycles. The average Bonchev–Trinajstić information content (AvgIpc) is 2.54. The van der Waals surface area contributed by atoms with Gasteiger partial charge in [0.25, 0.3) is 5.56 Å². The predicted molar refractivity (Wildman–Crippen MR) is 70.7 cm³/mol. The van der Waals surface area contributed by atoms with Gasteiger partial charge < -0.3 is 14.9 Å². The topological polar surface area (TPSA) is 105 Å². The number of aromatic amines is 1.